The molecule has 0 aliphatic rings. The molecule has 0 atom stereocenters. The third kappa shape index (κ3) is 3.04. The van der Waals surface area contributed by atoms with E-state index in [9.17, 15) is 4.79 Å². The molecule has 22 heavy (non-hydrogen) atoms. The average Bonchev–Trinajstić information content (AvgIpc) is 3.12. The summed E-state index contributed by atoms with van der Waals surface area (Å²) in [6.45, 7) is 1.83. The number of allylic oxidation sites excluding steroid dienone is 1. The monoisotopic (exact) mass is 309 g/mol. The quantitative estimate of drug-likeness (QED) is 0.545. The van der Waals surface area contributed by atoms with Gasteiger partial charge in [0, 0.05) is 29.9 Å². The van der Waals surface area contributed by atoms with Crippen molar-refractivity contribution in [1.82, 2.24) is 14.8 Å². The van der Waals surface area contributed by atoms with E-state index in [2.05, 4.69) is 10.1 Å². The first-order valence-corrected chi connectivity index (χ1v) is 7.69. The number of carbonyl (C=O) groups is 1. The van der Waals surface area contributed by atoms with E-state index in [1.165, 1.54) is 0 Å². The summed E-state index contributed by atoms with van der Waals surface area (Å²) in [4.78, 5) is 17.5. The molecule has 0 unspecified atom stereocenters. The van der Waals surface area contributed by atoms with Crippen molar-refractivity contribution >= 4 is 23.2 Å². The number of ketones is 1. The molecule has 0 aliphatic carbocycles. The number of thiazole rings is 1. The van der Waals surface area contributed by atoms with Crippen LogP contribution in [0.15, 0.2) is 48.8 Å². The van der Waals surface area contributed by atoms with Crippen molar-refractivity contribution in [3.63, 3.8) is 0 Å². The van der Waals surface area contributed by atoms with Gasteiger partial charge in [-0.2, -0.15) is 5.10 Å². The van der Waals surface area contributed by atoms with Gasteiger partial charge in [0.1, 0.15) is 5.01 Å². The number of hydrogen-bond donors (Lipinski definition) is 0. The summed E-state index contributed by atoms with van der Waals surface area (Å²) >= 11 is 1.56. The molecule has 0 N–H and O–H groups in total. The molecule has 2 heterocycles. The SMILES string of the molecule is Cc1nn(C)cc1C(=O)C=Cc1cnc(-c2ccccc2)s1. The van der Waals surface area contributed by atoms with E-state index in [1.807, 2.05) is 44.3 Å². The van der Waals surface area contributed by atoms with Gasteiger partial charge in [-0.25, -0.2) is 4.98 Å². The topological polar surface area (TPSA) is 47.8 Å². The molecule has 0 radical (unpaired) electrons. The van der Waals surface area contributed by atoms with E-state index in [-0.39, 0.29) is 5.78 Å². The predicted molar refractivity (Wildman–Crippen MR) is 88.9 cm³/mol. The first-order valence-electron chi connectivity index (χ1n) is 6.87. The Hall–Kier alpha value is -2.53. The Morgan fingerprint density at radius 3 is 2.73 bits per heavy atom. The lowest BCUT2D eigenvalue weighted by Gasteiger charge is -1.92. The first kappa shape index (κ1) is 14.4. The van der Waals surface area contributed by atoms with Crippen LogP contribution in [0.25, 0.3) is 16.6 Å². The fourth-order valence-corrected chi connectivity index (χ4v) is 2.99. The van der Waals surface area contributed by atoms with Gasteiger partial charge in [0.05, 0.1) is 11.3 Å². The minimum absolute atomic E-state index is 0.0414. The van der Waals surface area contributed by atoms with E-state index in [4.69, 9.17) is 0 Å². The summed E-state index contributed by atoms with van der Waals surface area (Å²) in [5.41, 5.74) is 2.46. The Balaban J connectivity index is 1.78. The summed E-state index contributed by atoms with van der Waals surface area (Å²) in [6, 6.07) is 10.0. The molecule has 1 aromatic carbocycles. The molecule has 0 aliphatic heterocycles. The third-order valence-electron chi connectivity index (χ3n) is 3.22. The fourth-order valence-electron chi connectivity index (χ4n) is 2.17. The summed E-state index contributed by atoms with van der Waals surface area (Å²) in [6.07, 6.45) is 6.90. The highest BCUT2D eigenvalue weighted by atomic mass is 32.1. The summed E-state index contributed by atoms with van der Waals surface area (Å²) in [5, 5.41) is 5.13. The lowest BCUT2D eigenvalue weighted by Crippen LogP contribution is -1.94. The van der Waals surface area contributed by atoms with E-state index in [1.54, 1.807) is 40.6 Å². The van der Waals surface area contributed by atoms with Crippen LogP contribution in [0.1, 0.15) is 20.9 Å². The number of carbonyl (C=O) groups excluding carboxylic acids is 1. The van der Waals surface area contributed by atoms with Gasteiger partial charge in [0.15, 0.2) is 5.78 Å². The van der Waals surface area contributed by atoms with Crippen molar-refractivity contribution in [1.29, 1.82) is 0 Å². The van der Waals surface area contributed by atoms with Gasteiger partial charge >= 0.3 is 0 Å². The summed E-state index contributed by atoms with van der Waals surface area (Å²) in [5.74, 6) is -0.0414. The molecule has 110 valence electrons. The molecule has 3 rings (SSSR count). The van der Waals surface area contributed by atoms with Crippen LogP contribution in [0.2, 0.25) is 0 Å². The summed E-state index contributed by atoms with van der Waals surface area (Å²) in [7, 11) is 1.81. The molecule has 2 aromatic heterocycles. The second-order valence-corrected chi connectivity index (χ2v) is 6.00. The second-order valence-electron chi connectivity index (χ2n) is 4.93. The van der Waals surface area contributed by atoms with Gasteiger partial charge < -0.3 is 0 Å². The van der Waals surface area contributed by atoms with E-state index in [0.29, 0.717) is 5.56 Å². The lowest BCUT2D eigenvalue weighted by atomic mass is 10.1. The number of aromatic nitrogens is 3. The highest BCUT2D eigenvalue weighted by Gasteiger charge is 2.09. The molecule has 4 nitrogen and oxygen atoms in total. The maximum absolute atomic E-state index is 12.2. The number of benzene rings is 1. The summed E-state index contributed by atoms with van der Waals surface area (Å²) < 4.78 is 1.65. The highest BCUT2D eigenvalue weighted by Crippen LogP contribution is 2.25. The van der Waals surface area contributed by atoms with E-state index >= 15 is 0 Å². The van der Waals surface area contributed by atoms with Gasteiger partial charge in [-0.05, 0) is 19.1 Å². The Labute approximate surface area is 132 Å². The fraction of sp³-hybridized carbons (Fsp3) is 0.118. The zero-order valence-corrected chi connectivity index (χ0v) is 13.2. The van der Waals surface area contributed by atoms with E-state index < -0.39 is 0 Å². The van der Waals surface area contributed by atoms with Crippen LogP contribution >= 0.6 is 11.3 Å². The number of aryl methyl sites for hydroxylation is 2. The van der Waals surface area contributed by atoms with Crippen molar-refractivity contribution in [3.8, 4) is 10.6 Å². The first-order chi connectivity index (χ1) is 10.6. The van der Waals surface area contributed by atoms with Crippen LogP contribution < -0.4 is 0 Å². The molecule has 3 aromatic rings. The molecule has 0 fully saturated rings. The van der Waals surface area contributed by atoms with Crippen LogP contribution in [-0.2, 0) is 7.05 Å². The average molecular weight is 309 g/mol. The molecule has 0 spiro atoms. The van der Waals surface area contributed by atoms with Gasteiger partial charge in [0.2, 0.25) is 0 Å². The van der Waals surface area contributed by atoms with Crippen LogP contribution in [0.3, 0.4) is 0 Å². The lowest BCUT2D eigenvalue weighted by molar-refractivity contribution is 0.104. The standard InChI is InChI=1S/C17H15N3OS/c1-12-15(11-20(2)19-12)16(21)9-8-14-10-18-17(22-14)13-6-4-3-5-7-13/h3-11H,1-2H3. The molecule has 0 amide bonds. The Kier molecular flexibility index (Phi) is 3.98. The third-order valence-corrected chi connectivity index (χ3v) is 4.23. The Bertz CT molecular complexity index is 831. The number of nitrogens with zero attached hydrogens (tertiary/aromatic N) is 3. The van der Waals surface area contributed by atoms with Gasteiger partial charge in [-0.15, -0.1) is 11.3 Å². The molecule has 5 heteroatoms. The Morgan fingerprint density at radius 1 is 1.27 bits per heavy atom. The predicted octanol–water partition coefficient (Wildman–Crippen LogP) is 3.75. The van der Waals surface area contributed by atoms with Crippen LogP contribution in [0, 0.1) is 6.92 Å². The molecular weight excluding hydrogens is 294 g/mol. The number of hydrogen-bond acceptors (Lipinski definition) is 4. The van der Waals surface area contributed by atoms with Gasteiger partial charge in [0.25, 0.3) is 0 Å². The minimum Gasteiger partial charge on any atom is -0.289 e. The maximum Gasteiger partial charge on any atom is 0.189 e. The van der Waals surface area contributed by atoms with Crippen molar-refractivity contribution < 1.29 is 4.79 Å². The normalized spacial score (nSPS) is 11.2. The maximum atomic E-state index is 12.2. The highest BCUT2D eigenvalue weighted by molar-refractivity contribution is 7.15. The smallest absolute Gasteiger partial charge is 0.189 e. The Morgan fingerprint density at radius 2 is 2.05 bits per heavy atom. The zero-order valence-electron chi connectivity index (χ0n) is 12.4. The minimum atomic E-state index is -0.0414. The van der Waals surface area contributed by atoms with Crippen molar-refractivity contribution in [2.75, 3.05) is 0 Å². The van der Waals surface area contributed by atoms with Gasteiger partial charge in [-0.1, -0.05) is 30.3 Å². The largest absolute Gasteiger partial charge is 0.289 e. The molecular formula is C17H15N3OS. The second kappa shape index (κ2) is 6.07. The van der Waals surface area contributed by atoms with Crippen molar-refractivity contribution in [2.45, 2.75) is 6.92 Å². The number of rotatable bonds is 4. The molecule has 0 saturated heterocycles. The van der Waals surface area contributed by atoms with Gasteiger partial charge in [-0.3, -0.25) is 9.48 Å². The van der Waals surface area contributed by atoms with E-state index in [0.717, 1.165) is 21.1 Å². The molecule has 0 bridgehead atoms. The van der Waals surface area contributed by atoms with Crippen LogP contribution in [-0.4, -0.2) is 20.5 Å². The van der Waals surface area contributed by atoms with Crippen molar-refractivity contribution in [3.05, 3.63) is 64.9 Å². The zero-order chi connectivity index (χ0) is 15.5. The van der Waals surface area contributed by atoms with Crippen LogP contribution in [0.4, 0.5) is 0 Å². The molecule has 0 saturated carbocycles. The van der Waals surface area contributed by atoms with Crippen molar-refractivity contribution in [2.24, 2.45) is 7.05 Å². The van der Waals surface area contributed by atoms with Crippen LogP contribution in [0.5, 0.6) is 0 Å².